The Labute approximate surface area is 164 Å². The molecule has 1 N–H and O–H groups in total. The average molecular weight is 392 g/mol. The zero-order valence-electron chi connectivity index (χ0n) is 15.0. The molecule has 0 saturated heterocycles. The Bertz CT molecular complexity index is 1200. The number of anilines is 1. The first-order valence-electron chi connectivity index (χ1n) is 8.78. The predicted octanol–water partition coefficient (Wildman–Crippen LogP) is 3.79. The second-order valence-corrected chi connectivity index (χ2v) is 7.30. The smallest absolute Gasteiger partial charge is 0.277 e. The summed E-state index contributed by atoms with van der Waals surface area (Å²) in [4.78, 5) is 21.4. The Morgan fingerprint density at radius 3 is 2.89 bits per heavy atom. The van der Waals surface area contributed by atoms with Crippen molar-refractivity contribution in [3.63, 3.8) is 0 Å². The highest BCUT2D eigenvalue weighted by atomic mass is 32.1. The van der Waals surface area contributed by atoms with Crippen molar-refractivity contribution < 1.29 is 14.3 Å². The molecule has 1 aromatic carbocycles. The molecule has 7 nitrogen and oxygen atoms in total. The summed E-state index contributed by atoms with van der Waals surface area (Å²) in [5.41, 5.74) is 3.85. The van der Waals surface area contributed by atoms with E-state index in [-0.39, 0.29) is 5.91 Å². The van der Waals surface area contributed by atoms with Crippen LogP contribution in [0.5, 0.6) is 11.5 Å². The van der Waals surface area contributed by atoms with Gasteiger partial charge >= 0.3 is 0 Å². The van der Waals surface area contributed by atoms with Gasteiger partial charge in [0.2, 0.25) is 0 Å². The van der Waals surface area contributed by atoms with E-state index in [1.54, 1.807) is 6.20 Å². The molecule has 0 saturated carbocycles. The summed E-state index contributed by atoms with van der Waals surface area (Å²) in [7, 11) is 0. The van der Waals surface area contributed by atoms with Crippen LogP contribution in [0.4, 0.5) is 5.13 Å². The second-order valence-electron chi connectivity index (χ2n) is 6.45. The first-order chi connectivity index (χ1) is 13.7. The molecule has 1 aliphatic rings. The fourth-order valence-electron chi connectivity index (χ4n) is 3.02. The number of aryl methyl sites for hydroxylation is 1. The van der Waals surface area contributed by atoms with Gasteiger partial charge in [-0.1, -0.05) is 0 Å². The van der Waals surface area contributed by atoms with Gasteiger partial charge in [-0.05, 0) is 42.8 Å². The molecule has 0 aliphatic carbocycles. The van der Waals surface area contributed by atoms with E-state index in [2.05, 4.69) is 15.3 Å². The van der Waals surface area contributed by atoms with E-state index in [0.29, 0.717) is 29.8 Å². The van der Waals surface area contributed by atoms with Crippen molar-refractivity contribution in [1.82, 2.24) is 14.4 Å². The molecular weight excluding hydrogens is 376 g/mol. The predicted molar refractivity (Wildman–Crippen MR) is 106 cm³/mol. The van der Waals surface area contributed by atoms with Crippen LogP contribution in [0.1, 0.15) is 16.1 Å². The summed E-state index contributed by atoms with van der Waals surface area (Å²) in [5.74, 6) is 1.16. The number of carbonyl (C=O) groups excluding carboxylic acids is 1. The van der Waals surface area contributed by atoms with Gasteiger partial charge in [0, 0.05) is 23.3 Å². The first-order valence-corrected chi connectivity index (χ1v) is 9.66. The maximum Gasteiger partial charge on any atom is 0.277 e. The van der Waals surface area contributed by atoms with Gasteiger partial charge in [0.1, 0.15) is 24.6 Å². The van der Waals surface area contributed by atoms with E-state index in [1.807, 2.05) is 53.2 Å². The number of nitrogens with zero attached hydrogens (tertiary/aromatic N) is 3. The third-order valence-corrected chi connectivity index (χ3v) is 5.17. The highest BCUT2D eigenvalue weighted by Crippen LogP contribution is 2.35. The van der Waals surface area contributed by atoms with Crippen LogP contribution >= 0.6 is 11.3 Å². The number of pyridine rings is 1. The number of hydrogen-bond acceptors (Lipinski definition) is 6. The molecule has 0 atom stereocenters. The van der Waals surface area contributed by atoms with Crippen LogP contribution in [0.15, 0.2) is 48.1 Å². The Balaban J connectivity index is 1.36. The number of thiazole rings is 1. The van der Waals surface area contributed by atoms with Crippen LogP contribution in [0, 0.1) is 6.92 Å². The van der Waals surface area contributed by atoms with Gasteiger partial charge in [-0.3, -0.25) is 10.1 Å². The number of hydrogen-bond donors (Lipinski definition) is 1. The first kappa shape index (κ1) is 16.8. The molecule has 1 aliphatic heterocycles. The Hall–Kier alpha value is -3.39. The summed E-state index contributed by atoms with van der Waals surface area (Å²) in [6.45, 7) is 3.08. The Morgan fingerprint density at radius 1 is 1.14 bits per heavy atom. The van der Waals surface area contributed by atoms with Crippen molar-refractivity contribution in [3.05, 3.63) is 59.4 Å². The molecule has 1 amide bonds. The molecule has 4 aromatic rings. The molecule has 8 heteroatoms. The molecule has 0 unspecified atom stereocenters. The molecule has 0 radical (unpaired) electrons. The van der Waals surface area contributed by atoms with Crippen molar-refractivity contribution in [1.29, 1.82) is 0 Å². The van der Waals surface area contributed by atoms with Crippen molar-refractivity contribution in [2.24, 2.45) is 0 Å². The van der Waals surface area contributed by atoms with E-state index in [4.69, 9.17) is 9.47 Å². The fourth-order valence-corrected chi connectivity index (χ4v) is 3.74. The van der Waals surface area contributed by atoms with Gasteiger partial charge in [0.25, 0.3) is 5.91 Å². The SMILES string of the molecule is Cc1ccn2cc(C(=O)Nc3nc(-c4ccc5c(c4)OCCO5)cs3)nc2c1. The molecule has 0 fully saturated rings. The highest BCUT2D eigenvalue weighted by Gasteiger charge is 2.16. The van der Waals surface area contributed by atoms with Crippen LogP contribution < -0.4 is 14.8 Å². The maximum absolute atomic E-state index is 12.5. The third kappa shape index (κ3) is 3.07. The van der Waals surface area contributed by atoms with Crippen LogP contribution in [-0.4, -0.2) is 33.5 Å². The third-order valence-electron chi connectivity index (χ3n) is 4.41. The number of fused-ring (bicyclic) bond motifs is 2. The van der Waals surface area contributed by atoms with Gasteiger partial charge in [-0.15, -0.1) is 11.3 Å². The van der Waals surface area contributed by atoms with E-state index in [1.165, 1.54) is 11.3 Å². The fraction of sp³-hybridized carbons (Fsp3) is 0.150. The average Bonchev–Trinajstić information content (AvgIpc) is 3.34. The standard InChI is InChI=1S/C20H16N4O3S/c1-12-4-5-24-10-14(21-18(24)8-12)19(25)23-20-22-15(11-28-20)13-2-3-16-17(9-13)27-7-6-26-16/h2-5,8-11H,6-7H2,1H3,(H,22,23,25). The van der Waals surface area contributed by atoms with Crippen LogP contribution in [0.25, 0.3) is 16.9 Å². The largest absolute Gasteiger partial charge is 0.486 e. The second kappa shape index (κ2) is 6.65. The zero-order chi connectivity index (χ0) is 19.1. The zero-order valence-corrected chi connectivity index (χ0v) is 15.8. The van der Waals surface area contributed by atoms with E-state index < -0.39 is 0 Å². The minimum atomic E-state index is -0.288. The van der Waals surface area contributed by atoms with Gasteiger partial charge < -0.3 is 13.9 Å². The number of benzene rings is 1. The number of imidazole rings is 1. The molecule has 28 heavy (non-hydrogen) atoms. The lowest BCUT2D eigenvalue weighted by molar-refractivity contribution is 0.102. The number of nitrogens with one attached hydrogen (secondary N) is 1. The van der Waals surface area contributed by atoms with E-state index in [0.717, 1.165) is 28.2 Å². The van der Waals surface area contributed by atoms with Crippen LogP contribution in [-0.2, 0) is 0 Å². The van der Waals surface area contributed by atoms with Crippen molar-refractivity contribution in [2.45, 2.75) is 6.92 Å². The topological polar surface area (TPSA) is 77.8 Å². The van der Waals surface area contributed by atoms with Gasteiger partial charge in [0.05, 0.1) is 5.69 Å². The minimum absolute atomic E-state index is 0.288. The van der Waals surface area contributed by atoms with Crippen LogP contribution in [0.2, 0.25) is 0 Å². The molecule has 140 valence electrons. The summed E-state index contributed by atoms with van der Waals surface area (Å²) in [6.07, 6.45) is 3.59. The van der Waals surface area contributed by atoms with E-state index in [9.17, 15) is 4.79 Å². The molecule has 5 rings (SSSR count). The summed E-state index contributed by atoms with van der Waals surface area (Å²) in [5, 5.41) is 5.24. The summed E-state index contributed by atoms with van der Waals surface area (Å²) in [6, 6.07) is 9.61. The molecular formula is C20H16N4O3S. The quantitative estimate of drug-likeness (QED) is 0.574. The number of carbonyl (C=O) groups is 1. The number of rotatable bonds is 3. The molecule has 3 aromatic heterocycles. The summed E-state index contributed by atoms with van der Waals surface area (Å²) >= 11 is 1.36. The molecule has 0 spiro atoms. The maximum atomic E-state index is 12.5. The molecule has 0 bridgehead atoms. The van der Waals surface area contributed by atoms with Crippen molar-refractivity contribution in [3.8, 4) is 22.8 Å². The lowest BCUT2D eigenvalue weighted by atomic mass is 10.1. The lowest BCUT2D eigenvalue weighted by Gasteiger charge is -2.18. The monoisotopic (exact) mass is 392 g/mol. The van der Waals surface area contributed by atoms with E-state index >= 15 is 0 Å². The Kier molecular flexibility index (Phi) is 3.98. The molecule has 4 heterocycles. The normalized spacial score (nSPS) is 12.9. The van der Waals surface area contributed by atoms with Gasteiger partial charge in [0.15, 0.2) is 16.6 Å². The lowest BCUT2D eigenvalue weighted by Crippen LogP contribution is -2.15. The van der Waals surface area contributed by atoms with Crippen molar-refractivity contribution in [2.75, 3.05) is 18.5 Å². The number of aromatic nitrogens is 3. The van der Waals surface area contributed by atoms with Crippen molar-refractivity contribution >= 4 is 28.0 Å². The highest BCUT2D eigenvalue weighted by molar-refractivity contribution is 7.14. The van der Waals surface area contributed by atoms with Crippen LogP contribution in [0.3, 0.4) is 0 Å². The van der Waals surface area contributed by atoms with Gasteiger partial charge in [-0.25, -0.2) is 9.97 Å². The number of ether oxygens (including phenoxy) is 2. The number of amides is 1. The van der Waals surface area contributed by atoms with Gasteiger partial charge in [-0.2, -0.15) is 0 Å². The minimum Gasteiger partial charge on any atom is -0.486 e. The Morgan fingerprint density at radius 2 is 2.00 bits per heavy atom. The summed E-state index contributed by atoms with van der Waals surface area (Å²) < 4.78 is 13.0.